The molecule has 0 radical (unpaired) electrons. The van der Waals surface area contributed by atoms with Gasteiger partial charge in [0.15, 0.2) is 0 Å². The Morgan fingerprint density at radius 3 is 2.39 bits per heavy atom. The third-order valence-electron chi connectivity index (χ3n) is 4.95. The van der Waals surface area contributed by atoms with Crippen molar-refractivity contribution in [3.05, 3.63) is 95.8 Å². The van der Waals surface area contributed by atoms with Crippen LogP contribution in [0.1, 0.15) is 29.8 Å². The summed E-state index contributed by atoms with van der Waals surface area (Å²) in [6.07, 6.45) is 0. The second-order valence-corrected chi connectivity index (χ2v) is 6.75. The second kappa shape index (κ2) is 8.09. The summed E-state index contributed by atoms with van der Waals surface area (Å²) in [5.41, 5.74) is 3.23. The van der Waals surface area contributed by atoms with Gasteiger partial charge in [-0.2, -0.15) is 0 Å². The second-order valence-electron chi connectivity index (χ2n) is 6.75. The fraction of sp³-hybridized carbons (Fsp3) is 0.167. The van der Waals surface area contributed by atoms with E-state index in [0.29, 0.717) is 6.54 Å². The van der Waals surface area contributed by atoms with Crippen molar-refractivity contribution in [3.63, 3.8) is 0 Å². The summed E-state index contributed by atoms with van der Waals surface area (Å²) in [7, 11) is 1.69. The Hall–Kier alpha value is -3.40. The Morgan fingerprint density at radius 1 is 0.857 bits per heavy atom. The number of anilines is 1. The van der Waals surface area contributed by atoms with Gasteiger partial charge in [-0.3, -0.25) is 0 Å². The molecule has 140 valence electrons. The maximum Gasteiger partial charge on any atom is 0.138 e. The van der Waals surface area contributed by atoms with E-state index in [0.717, 1.165) is 33.9 Å². The predicted molar refractivity (Wildman–Crippen MR) is 114 cm³/mol. The van der Waals surface area contributed by atoms with Crippen LogP contribution in [0.25, 0.3) is 10.9 Å². The number of nitrogens with zero attached hydrogens (tertiary/aromatic N) is 2. The van der Waals surface area contributed by atoms with Gasteiger partial charge in [0, 0.05) is 23.4 Å². The highest BCUT2D eigenvalue weighted by Crippen LogP contribution is 2.27. The van der Waals surface area contributed by atoms with E-state index in [1.807, 2.05) is 54.6 Å². The molecule has 0 saturated heterocycles. The lowest BCUT2D eigenvalue weighted by molar-refractivity contribution is 0.410. The summed E-state index contributed by atoms with van der Waals surface area (Å²) in [6.45, 7) is 2.77. The topological polar surface area (TPSA) is 47.0 Å². The Kier molecular flexibility index (Phi) is 5.20. The third-order valence-corrected chi connectivity index (χ3v) is 4.95. The van der Waals surface area contributed by atoms with Gasteiger partial charge >= 0.3 is 0 Å². The fourth-order valence-corrected chi connectivity index (χ4v) is 3.34. The van der Waals surface area contributed by atoms with Crippen molar-refractivity contribution >= 4 is 16.7 Å². The molecule has 1 heterocycles. The standard InChI is InChI=1S/C24H23N3O/c1-17(18-10-4-3-5-11-18)23-26-21-14-8-7-13-20(21)24(27-23)25-16-19-12-6-9-15-22(19)28-2/h3-15,17H,16H2,1-2H3,(H,25,26,27). The van der Waals surface area contributed by atoms with Gasteiger partial charge in [0.1, 0.15) is 17.4 Å². The molecule has 1 aromatic heterocycles. The fourth-order valence-electron chi connectivity index (χ4n) is 3.34. The zero-order valence-corrected chi connectivity index (χ0v) is 16.1. The molecule has 3 aromatic carbocycles. The molecule has 0 fully saturated rings. The van der Waals surface area contributed by atoms with Gasteiger partial charge < -0.3 is 10.1 Å². The first-order valence-electron chi connectivity index (χ1n) is 9.43. The lowest BCUT2D eigenvalue weighted by atomic mass is 10.0. The molecular formula is C24H23N3O. The number of aromatic nitrogens is 2. The van der Waals surface area contributed by atoms with Crippen LogP contribution < -0.4 is 10.1 Å². The van der Waals surface area contributed by atoms with E-state index >= 15 is 0 Å². The van der Waals surface area contributed by atoms with Crippen LogP contribution in [-0.4, -0.2) is 17.1 Å². The number of methoxy groups -OCH3 is 1. The van der Waals surface area contributed by atoms with Crippen LogP contribution in [0.4, 0.5) is 5.82 Å². The van der Waals surface area contributed by atoms with E-state index < -0.39 is 0 Å². The number of fused-ring (bicyclic) bond motifs is 1. The van der Waals surface area contributed by atoms with Crippen molar-refractivity contribution in [2.75, 3.05) is 12.4 Å². The molecule has 0 spiro atoms. The highest BCUT2D eigenvalue weighted by Gasteiger charge is 2.15. The minimum absolute atomic E-state index is 0.109. The van der Waals surface area contributed by atoms with E-state index in [4.69, 9.17) is 14.7 Å². The number of rotatable bonds is 6. The molecule has 4 aromatic rings. The van der Waals surface area contributed by atoms with Gasteiger partial charge in [-0.15, -0.1) is 0 Å². The monoisotopic (exact) mass is 369 g/mol. The Morgan fingerprint density at radius 2 is 1.57 bits per heavy atom. The lowest BCUT2D eigenvalue weighted by Gasteiger charge is -2.16. The molecule has 4 nitrogen and oxygen atoms in total. The van der Waals surface area contributed by atoms with Crippen molar-refractivity contribution in [1.82, 2.24) is 9.97 Å². The van der Waals surface area contributed by atoms with Crippen LogP contribution in [0.2, 0.25) is 0 Å². The van der Waals surface area contributed by atoms with Crippen molar-refractivity contribution in [2.24, 2.45) is 0 Å². The third kappa shape index (κ3) is 3.67. The number of benzene rings is 3. The molecule has 4 heteroatoms. The van der Waals surface area contributed by atoms with E-state index in [-0.39, 0.29) is 5.92 Å². The summed E-state index contributed by atoms with van der Waals surface area (Å²) in [4.78, 5) is 9.71. The number of para-hydroxylation sites is 2. The van der Waals surface area contributed by atoms with Gasteiger partial charge in [-0.1, -0.05) is 67.6 Å². The van der Waals surface area contributed by atoms with Crippen LogP contribution in [0.15, 0.2) is 78.9 Å². The average molecular weight is 369 g/mol. The van der Waals surface area contributed by atoms with E-state index in [9.17, 15) is 0 Å². The zero-order chi connectivity index (χ0) is 19.3. The number of hydrogen-bond acceptors (Lipinski definition) is 4. The minimum atomic E-state index is 0.109. The number of ether oxygens (including phenoxy) is 1. The van der Waals surface area contributed by atoms with Gasteiger partial charge in [0.05, 0.1) is 12.6 Å². The van der Waals surface area contributed by atoms with Gasteiger partial charge in [0.25, 0.3) is 0 Å². The Bertz CT molecular complexity index is 1080. The Labute approximate surface area is 165 Å². The van der Waals surface area contributed by atoms with Crippen LogP contribution >= 0.6 is 0 Å². The molecule has 0 aliphatic heterocycles. The average Bonchev–Trinajstić information content (AvgIpc) is 2.77. The molecule has 1 unspecified atom stereocenters. The molecule has 0 saturated carbocycles. The minimum Gasteiger partial charge on any atom is -0.496 e. The normalized spacial score (nSPS) is 11.9. The SMILES string of the molecule is COc1ccccc1CNc1nc(C(C)c2ccccc2)nc2ccccc12. The maximum absolute atomic E-state index is 5.47. The maximum atomic E-state index is 5.47. The number of nitrogens with one attached hydrogen (secondary N) is 1. The summed E-state index contributed by atoms with van der Waals surface area (Å²) < 4.78 is 5.47. The Balaban J connectivity index is 1.70. The lowest BCUT2D eigenvalue weighted by Crippen LogP contribution is -2.09. The first-order valence-corrected chi connectivity index (χ1v) is 9.43. The first-order chi connectivity index (χ1) is 13.8. The molecule has 1 N–H and O–H groups in total. The van der Waals surface area contributed by atoms with E-state index in [2.05, 4.69) is 36.5 Å². The molecule has 1 atom stereocenters. The quantitative estimate of drug-likeness (QED) is 0.494. The predicted octanol–water partition coefficient (Wildman–Crippen LogP) is 5.40. The molecule has 4 rings (SSSR count). The molecule has 0 bridgehead atoms. The van der Waals surface area contributed by atoms with Crippen LogP contribution in [0.5, 0.6) is 5.75 Å². The van der Waals surface area contributed by atoms with Crippen molar-refractivity contribution in [3.8, 4) is 5.75 Å². The van der Waals surface area contributed by atoms with Crippen molar-refractivity contribution in [2.45, 2.75) is 19.4 Å². The van der Waals surface area contributed by atoms with Crippen molar-refractivity contribution < 1.29 is 4.74 Å². The molecular weight excluding hydrogens is 346 g/mol. The zero-order valence-electron chi connectivity index (χ0n) is 16.1. The molecule has 28 heavy (non-hydrogen) atoms. The van der Waals surface area contributed by atoms with Gasteiger partial charge in [-0.05, 0) is 23.8 Å². The van der Waals surface area contributed by atoms with Gasteiger partial charge in [-0.25, -0.2) is 9.97 Å². The largest absolute Gasteiger partial charge is 0.496 e. The van der Waals surface area contributed by atoms with E-state index in [1.165, 1.54) is 5.56 Å². The highest BCUT2D eigenvalue weighted by molar-refractivity contribution is 5.89. The van der Waals surface area contributed by atoms with Gasteiger partial charge in [0.2, 0.25) is 0 Å². The van der Waals surface area contributed by atoms with E-state index in [1.54, 1.807) is 7.11 Å². The number of hydrogen-bond donors (Lipinski definition) is 1. The smallest absolute Gasteiger partial charge is 0.138 e. The summed E-state index contributed by atoms with van der Waals surface area (Å²) >= 11 is 0. The summed E-state index contributed by atoms with van der Waals surface area (Å²) in [5, 5.41) is 4.51. The summed E-state index contributed by atoms with van der Waals surface area (Å²) in [5.74, 6) is 2.63. The molecule has 0 aliphatic rings. The first kappa shape index (κ1) is 18.0. The van der Waals surface area contributed by atoms with Crippen molar-refractivity contribution in [1.29, 1.82) is 0 Å². The van der Waals surface area contributed by atoms with Crippen LogP contribution in [0, 0.1) is 0 Å². The highest BCUT2D eigenvalue weighted by atomic mass is 16.5. The summed E-state index contributed by atoms with van der Waals surface area (Å²) in [6, 6.07) is 26.5. The molecule has 0 aliphatic carbocycles. The molecule has 0 amide bonds. The van der Waals surface area contributed by atoms with Crippen LogP contribution in [0.3, 0.4) is 0 Å². The van der Waals surface area contributed by atoms with Crippen LogP contribution in [-0.2, 0) is 6.54 Å².